The molecular formula is C32H38N2O9. The molecule has 0 amide bonds. The van der Waals surface area contributed by atoms with Gasteiger partial charge in [0.25, 0.3) is 0 Å². The van der Waals surface area contributed by atoms with Crippen molar-refractivity contribution in [2.24, 2.45) is 0 Å². The van der Waals surface area contributed by atoms with Crippen LogP contribution in [0, 0.1) is 0 Å². The summed E-state index contributed by atoms with van der Waals surface area (Å²) in [6.45, 7) is 10.2. The summed E-state index contributed by atoms with van der Waals surface area (Å²) in [6, 6.07) is -2.73. The minimum absolute atomic E-state index is 0.0277. The zero-order valence-electron chi connectivity index (χ0n) is 25.6. The lowest BCUT2D eigenvalue weighted by Gasteiger charge is -2.59. The minimum atomic E-state index is -1.29. The Morgan fingerprint density at radius 2 is 1.49 bits per heavy atom. The zero-order valence-corrected chi connectivity index (χ0v) is 25.6. The predicted octanol–water partition coefficient (Wildman–Crippen LogP) is 1.51. The van der Waals surface area contributed by atoms with E-state index in [0.29, 0.717) is 5.57 Å². The van der Waals surface area contributed by atoms with E-state index in [-0.39, 0.29) is 83.5 Å². The Morgan fingerprint density at radius 1 is 0.907 bits per heavy atom. The molecule has 5 atom stereocenters. The summed E-state index contributed by atoms with van der Waals surface area (Å²) in [6.07, 6.45) is 0.436. The predicted molar refractivity (Wildman–Crippen MR) is 153 cm³/mol. The number of carbonyl (C=O) groups excluding carboxylic acids is 5. The molecule has 2 aliphatic carbocycles. The molecule has 3 heterocycles. The van der Waals surface area contributed by atoms with E-state index in [0.717, 1.165) is 0 Å². The molecule has 0 aromatic rings. The number of ketones is 4. The smallest absolute Gasteiger partial charge is 0.333 e. The van der Waals surface area contributed by atoms with Crippen molar-refractivity contribution in [2.45, 2.75) is 78.2 Å². The Labute approximate surface area is 250 Å². The van der Waals surface area contributed by atoms with Gasteiger partial charge < -0.3 is 19.3 Å². The molecule has 5 aliphatic rings. The van der Waals surface area contributed by atoms with E-state index in [1.165, 1.54) is 6.92 Å². The average molecular weight is 595 g/mol. The molecule has 3 aliphatic heterocycles. The van der Waals surface area contributed by atoms with Gasteiger partial charge in [0.15, 0.2) is 23.1 Å². The van der Waals surface area contributed by atoms with Crippen LogP contribution in [0.25, 0.3) is 0 Å². The maximum Gasteiger partial charge on any atom is 0.333 e. The van der Waals surface area contributed by atoms with Gasteiger partial charge in [0, 0.05) is 51.6 Å². The van der Waals surface area contributed by atoms with Gasteiger partial charge in [0.05, 0.1) is 37.4 Å². The number of aliphatic hydroxyl groups is 1. The topological polar surface area (TPSA) is 140 Å². The Balaban J connectivity index is 1.66. The van der Waals surface area contributed by atoms with Crippen molar-refractivity contribution >= 4 is 29.1 Å². The van der Waals surface area contributed by atoms with Crippen LogP contribution in [0.4, 0.5) is 0 Å². The second-order valence-electron chi connectivity index (χ2n) is 11.5. The highest BCUT2D eigenvalue weighted by atomic mass is 16.5. The highest BCUT2D eigenvalue weighted by Crippen LogP contribution is 2.47. The summed E-state index contributed by atoms with van der Waals surface area (Å²) in [5.41, 5.74) is 1.41. The third-order valence-corrected chi connectivity index (χ3v) is 9.36. The Morgan fingerprint density at radius 3 is 2.07 bits per heavy atom. The van der Waals surface area contributed by atoms with Crippen LogP contribution in [0.3, 0.4) is 0 Å². The molecule has 0 aromatic carbocycles. The maximum absolute atomic E-state index is 14.0. The van der Waals surface area contributed by atoms with E-state index < -0.39 is 53.6 Å². The van der Waals surface area contributed by atoms with Gasteiger partial charge in [-0.15, -0.1) is 0 Å². The number of Topliss-reactive ketones (excluding diaryl/α,β-unsaturated/α-hetero) is 4. The summed E-state index contributed by atoms with van der Waals surface area (Å²) in [5, 5.41) is 11.6. The number of allylic oxidation sites excluding steroid dienone is 5. The van der Waals surface area contributed by atoms with Gasteiger partial charge in [-0.05, 0) is 55.0 Å². The van der Waals surface area contributed by atoms with Crippen molar-refractivity contribution in [3.8, 4) is 0 Å². The number of nitrogens with zero attached hydrogens (tertiary/aromatic N) is 2. The summed E-state index contributed by atoms with van der Waals surface area (Å²) >= 11 is 0. The number of likely N-dealkylation sites (N-methyl/N-ethyl adjacent to an activating group) is 1. The monoisotopic (exact) mass is 594 g/mol. The summed E-state index contributed by atoms with van der Waals surface area (Å²) in [5.74, 6) is -2.33. The summed E-state index contributed by atoms with van der Waals surface area (Å²) < 4.78 is 16.9. The van der Waals surface area contributed by atoms with Crippen LogP contribution < -0.4 is 0 Å². The van der Waals surface area contributed by atoms with Crippen LogP contribution in [0.5, 0.6) is 0 Å². The lowest BCUT2D eigenvalue weighted by Crippen LogP contribution is -2.73. The van der Waals surface area contributed by atoms with Gasteiger partial charge in [-0.25, -0.2) is 4.79 Å². The van der Waals surface area contributed by atoms with E-state index in [4.69, 9.17) is 14.2 Å². The number of ether oxygens (including phenoxy) is 3. The van der Waals surface area contributed by atoms with Crippen LogP contribution in [0.1, 0.15) is 48.0 Å². The maximum atomic E-state index is 14.0. The quantitative estimate of drug-likeness (QED) is 0.261. The first-order valence-corrected chi connectivity index (χ1v) is 14.7. The molecule has 0 spiro atoms. The Bertz CT molecular complexity index is 1490. The van der Waals surface area contributed by atoms with Gasteiger partial charge in [0.1, 0.15) is 6.61 Å². The number of carbonyl (C=O) groups is 5. The number of hydrogen-bond acceptors (Lipinski definition) is 11. The number of esters is 1. The molecule has 43 heavy (non-hydrogen) atoms. The second kappa shape index (κ2) is 11.4. The van der Waals surface area contributed by atoms with Crippen LogP contribution >= 0.6 is 0 Å². The van der Waals surface area contributed by atoms with Crippen LogP contribution in [-0.4, -0.2) is 108 Å². The van der Waals surface area contributed by atoms with Crippen LogP contribution in [0.15, 0.2) is 56.6 Å². The SMILES string of the molecule is C/C=C(/C)C(=O)OC[C@H]1C2=C(C[C@@H]3[C@@H]4C5=C(C(=O)C(C)=C(OCC)C5=O)[C@@H](O)C(CN31)N4C)C(=O)C(C)=C(OCC)C2=O. The molecular weight excluding hydrogens is 556 g/mol. The number of hydrogen-bond donors (Lipinski definition) is 1. The third-order valence-electron chi connectivity index (χ3n) is 9.36. The fourth-order valence-corrected chi connectivity index (χ4v) is 7.08. The van der Waals surface area contributed by atoms with Crippen molar-refractivity contribution in [1.82, 2.24) is 9.80 Å². The third kappa shape index (κ3) is 4.56. The molecule has 1 N–H and O–H groups in total. The van der Waals surface area contributed by atoms with Gasteiger partial charge in [-0.1, -0.05) is 6.08 Å². The largest absolute Gasteiger partial charge is 0.489 e. The number of aliphatic hydroxyl groups excluding tert-OH is 1. The van der Waals surface area contributed by atoms with Gasteiger partial charge in [-0.3, -0.25) is 29.0 Å². The standard InChI is InChI=1S/C32H38N2O9/c1-8-14(4)32(40)43-13-20-21-17(25(35)15(5)30(28(21)38)41-9-2)11-18-24-22-23(27(37)19(33(24)7)12-34(18)20)26(36)16(6)31(29(22)39)42-10-3/h8,18-20,24,27,37H,9-13H2,1-7H3/b14-8-/t18-,19?,20+,24-,27+/m1/s1. The number of fused-ring (bicyclic) bond motifs is 5. The normalized spacial score (nSPS) is 30.0. The molecule has 11 heteroatoms. The Kier molecular flexibility index (Phi) is 8.19. The number of rotatable bonds is 7. The lowest BCUT2D eigenvalue weighted by atomic mass is 9.68. The first-order chi connectivity index (χ1) is 20.4. The molecule has 1 unspecified atom stereocenters. The second-order valence-corrected chi connectivity index (χ2v) is 11.5. The first kappa shape index (κ1) is 30.8. The molecule has 2 bridgehead atoms. The molecule has 0 radical (unpaired) electrons. The van der Waals surface area contributed by atoms with E-state index in [1.54, 1.807) is 47.7 Å². The van der Waals surface area contributed by atoms with Gasteiger partial charge >= 0.3 is 5.97 Å². The van der Waals surface area contributed by atoms with Crippen molar-refractivity contribution < 1.29 is 43.3 Å². The minimum Gasteiger partial charge on any atom is -0.489 e. The highest BCUT2D eigenvalue weighted by molar-refractivity contribution is 6.26. The molecule has 11 nitrogen and oxygen atoms in total. The van der Waals surface area contributed by atoms with Gasteiger partial charge in [-0.2, -0.15) is 0 Å². The zero-order chi connectivity index (χ0) is 31.5. The highest BCUT2D eigenvalue weighted by Gasteiger charge is 2.59. The first-order valence-electron chi connectivity index (χ1n) is 14.7. The van der Waals surface area contributed by atoms with Crippen molar-refractivity contribution in [3.05, 3.63) is 56.6 Å². The van der Waals surface area contributed by atoms with E-state index >= 15 is 0 Å². The van der Waals surface area contributed by atoms with Gasteiger partial charge in [0.2, 0.25) is 11.6 Å². The molecule has 0 saturated carbocycles. The van der Waals surface area contributed by atoms with Crippen LogP contribution in [-0.2, 0) is 38.2 Å². The lowest BCUT2D eigenvalue weighted by molar-refractivity contribution is -0.143. The van der Waals surface area contributed by atoms with E-state index in [1.807, 2.05) is 9.80 Å². The van der Waals surface area contributed by atoms with Crippen molar-refractivity contribution in [3.63, 3.8) is 0 Å². The van der Waals surface area contributed by atoms with E-state index in [2.05, 4.69) is 0 Å². The number of piperazine rings is 1. The molecule has 1 fully saturated rings. The van der Waals surface area contributed by atoms with Crippen molar-refractivity contribution in [2.75, 3.05) is 33.4 Å². The Hall–Kier alpha value is -3.67. The van der Waals surface area contributed by atoms with E-state index in [9.17, 15) is 29.1 Å². The molecule has 5 rings (SSSR count). The molecule has 1 saturated heterocycles. The van der Waals surface area contributed by atoms with Crippen molar-refractivity contribution in [1.29, 1.82) is 0 Å². The molecule has 0 aromatic heterocycles. The molecule has 230 valence electrons. The summed E-state index contributed by atoms with van der Waals surface area (Å²) in [7, 11) is 1.78. The fraction of sp³-hybridized carbons (Fsp3) is 0.531. The van der Waals surface area contributed by atoms with Crippen LogP contribution in [0.2, 0.25) is 0 Å². The fourth-order valence-electron chi connectivity index (χ4n) is 7.08. The summed E-state index contributed by atoms with van der Waals surface area (Å²) in [4.78, 5) is 71.8. The average Bonchev–Trinajstić information content (AvgIpc) is 2.98.